The SMILES string of the molecule is CC1C[C@@H](Oc2nc(Nc3ccc(S(N)(=O)=O)cc3)ncc2C(F)(F)F)[C@@H](O)CO1. The molecule has 2 aromatic rings. The van der Waals surface area contributed by atoms with Gasteiger partial charge in [-0.3, -0.25) is 0 Å². The summed E-state index contributed by atoms with van der Waals surface area (Å²) in [7, 11) is -3.89. The molecule has 2 heterocycles. The number of nitrogens with two attached hydrogens (primary N) is 1. The number of primary sulfonamides is 1. The molecule has 13 heteroatoms. The van der Waals surface area contributed by atoms with E-state index in [9.17, 15) is 26.7 Å². The smallest absolute Gasteiger partial charge is 0.423 e. The zero-order valence-electron chi connectivity index (χ0n) is 15.6. The highest BCUT2D eigenvalue weighted by Crippen LogP contribution is 2.36. The zero-order valence-corrected chi connectivity index (χ0v) is 16.4. The van der Waals surface area contributed by atoms with Crippen LogP contribution in [0.1, 0.15) is 18.9 Å². The number of hydrogen-bond acceptors (Lipinski definition) is 8. The largest absolute Gasteiger partial charge is 0.471 e. The van der Waals surface area contributed by atoms with E-state index in [4.69, 9.17) is 14.6 Å². The number of halogens is 3. The van der Waals surface area contributed by atoms with E-state index in [1.807, 2.05) is 0 Å². The highest BCUT2D eigenvalue weighted by atomic mass is 32.2. The number of rotatable bonds is 5. The topological polar surface area (TPSA) is 137 Å². The molecule has 1 unspecified atom stereocenters. The summed E-state index contributed by atoms with van der Waals surface area (Å²) in [6, 6.07) is 5.15. The van der Waals surface area contributed by atoms with Gasteiger partial charge < -0.3 is 19.9 Å². The number of nitrogens with one attached hydrogen (secondary N) is 1. The minimum atomic E-state index is -4.77. The van der Waals surface area contributed by atoms with E-state index >= 15 is 0 Å². The summed E-state index contributed by atoms with van der Waals surface area (Å²) in [4.78, 5) is 7.32. The van der Waals surface area contributed by atoms with Crippen molar-refractivity contribution in [3.05, 3.63) is 36.0 Å². The number of hydrogen-bond donors (Lipinski definition) is 3. The Labute approximate surface area is 170 Å². The average Bonchev–Trinajstić information content (AvgIpc) is 2.64. The Morgan fingerprint density at radius 3 is 2.57 bits per heavy atom. The van der Waals surface area contributed by atoms with Crippen molar-refractivity contribution < 1.29 is 36.2 Å². The fourth-order valence-corrected chi connectivity index (χ4v) is 3.28. The third-order valence-corrected chi connectivity index (χ3v) is 5.24. The van der Waals surface area contributed by atoms with E-state index in [1.165, 1.54) is 24.3 Å². The summed E-state index contributed by atoms with van der Waals surface area (Å²) < 4.78 is 73.3. The van der Waals surface area contributed by atoms with Crippen molar-refractivity contribution in [2.24, 2.45) is 5.14 Å². The molecule has 30 heavy (non-hydrogen) atoms. The molecular formula is C17H19F3N4O5S. The molecule has 1 aliphatic rings. The van der Waals surface area contributed by atoms with Gasteiger partial charge in [0.1, 0.15) is 17.8 Å². The van der Waals surface area contributed by atoms with Gasteiger partial charge in [-0.2, -0.15) is 18.2 Å². The fraction of sp³-hybridized carbons (Fsp3) is 0.412. The van der Waals surface area contributed by atoms with Crippen molar-refractivity contribution in [3.8, 4) is 5.88 Å². The molecule has 164 valence electrons. The lowest BCUT2D eigenvalue weighted by Gasteiger charge is -2.32. The molecule has 3 atom stereocenters. The second-order valence-electron chi connectivity index (χ2n) is 6.71. The molecule has 0 amide bonds. The number of alkyl halides is 3. The van der Waals surface area contributed by atoms with E-state index in [1.54, 1.807) is 6.92 Å². The number of aliphatic hydroxyl groups excluding tert-OH is 1. The van der Waals surface area contributed by atoms with E-state index in [2.05, 4.69) is 15.3 Å². The molecule has 0 spiro atoms. The molecule has 1 aromatic carbocycles. The first-order valence-electron chi connectivity index (χ1n) is 8.74. The number of anilines is 2. The second-order valence-corrected chi connectivity index (χ2v) is 8.27. The van der Waals surface area contributed by atoms with Crippen LogP contribution in [0.25, 0.3) is 0 Å². The van der Waals surface area contributed by atoms with Crippen LogP contribution in [0.4, 0.5) is 24.8 Å². The lowest BCUT2D eigenvalue weighted by Crippen LogP contribution is -2.44. The quantitative estimate of drug-likeness (QED) is 0.630. The molecule has 3 rings (SSSR count). The fourth-order valence-electron chi connectivity index (χ4n) is 2.76. The average molecular weight is 448 g/mol. The predicted molar refractivity (Wildman–Crippen MR) is 98.6 cm³/mol. The number of aromatic nitrogens is 2. The number of nitrogens with zero attached hydrogens (tertiary/aromatic N) is 2. The van der Waals surface area contributed by atoms with Gasteiger partial charge in [-0.05, 0) is 31.2 Å². The summed E-state index contributed by atoms with van der Waals surface area (Å²) in [5.74, 6) is -0.949. The monoisotopic (exact) mass is 448 g/mol. The van der Waals surface area contributed by atoms with E-state index in [0.717, 1.165) is 0 Å². The minimum absolute atomic E-state index is 0.0697. The number of aliphatic hydroxyl groups is 1. The maximum absolute atomic E-state index is 13.4. The summed E-state index contributed by atoms with van der Waals surface area (Å²) in [5.41, 5.74) is -0.878. The Morgan fingerprint density at radius 1 is 1.30 bits per heavy atom. The molecule has 1 saturated heterocycles. The van der Waals surface area contributed by atoms with E-state index < -0.39 is 39.9 Å². The normalized spacial score (nSPS) is 22.5. The highest BCUT2D eigenvalue weighted by Gasteiger charge is 2.38. The lowest BCUT2D eigenvalue weighted by atomic mass is 10.0. The van der Waals surface area contributed by atoms with Crippen molar-refractivity contribution in [2.75, 3.05) is 11.9 Å². The van der Waals surface area contributed by atoms with Gasteiger partial charge in [0.2, 0.25) is 21.9 Å². The summed E-state index contributed by atoms with van der Waals surface area (Å²) in [6.45, 7) is 1.64. The van der Waals surface area contributed by atoms with Gasteiger partial charge in [0.05, 0.1) is 17.6 Å². The number of sulfonamides is 1. The third-order valence-electron chi connectivity index (χ3n) is 4.31. The Hall–Kier alpha value is -2.48. The molecule has 4 N–H and O–H groups in total. The standard InChI is InChI=1S/C17H19F3N4O5S/c1-9-6-14(13(25)8-28-9)29-15-12(17(18,19)20)7-22-16(24-15)23-10-2-4-11(5-3-10)30(21,26)27/h2-5,7,9,13-14,25H,6,8H2,1H3,(H2,21,26,27)(H,22,23,24)/t9?,13-,14+/m0/s1. The number of benzene rings is 1. The van der Waals surface area contributed by atoms with Gasteiger partial charge >= 0.3 is 6.18 Å². The number of ether oxygens (including phenoxy) is 2. The van der Waals surface area contributed by atoms with Crippen molar-refractivity contribution in [1.82, 2.24) is 9.97 Å². The van der Waals surface area contributed by atoms with Crippen LogP contribution >= 0.6 is 0 Å². The van der Waals surface area contributed by atoms with E-state index in [0.29, 0.717) is 11.9 Å². The molecule has 1 aromatic heterocycles. The van der Waals surface area contributed by atoms with Crippen LogP contribution < -0.4 is 15.2 Å². The van der Waals surface area contributed by atoms with Crippen LogP contribution in [0.2, 0.25) is 0 Å². The predicted octanol–water partition coefficient (Wildman–Crippen LogP) is 1.80. The summed E-state index contributed by atoms with van der Waals surface area (Å²) >= 11 is 0. The van der Waals surface area contributed by atoms with Gasteiger partial charge in [0.15, 0.2) is 0 Å². The Bertz CT molecular complexity index is 1000. The van der Waals surface area contributed by atoms with Crippen molar-refractivity contribution in [2.45, 2.75) is 42.7 Å². The minimum Gasteiger partial charge on any atom is -0.471 e. The molecule has 0 aliphatic carbocycles. The summed E-state index contributed by atoms with van der Waals surface area (Å²) in [5, 5.41) is 17.7. The first kappa shape index (κ1) is 22.2. The Kier molecular flexibility index (Phi) is 6.17. The Morgan fingerprint density at radius 2 is 1.97 bits per heavy atom. The maximum atomic E-state index is 13.4. The zero-order chi connectivity index (χ0) is 22.1. The van der Waals surface area contributed by atoms with Gasteiger partial charge in [-0.1, -0.05) is 0 Å². The van der Waals surface area contributed by atoms with Gasteiger partial charge in [-0.15, -0.1) is 0 Å². The van der Waals surface area contributed by atoms with Crippen molar-refractivity contribution in [1.29, 1.82) is 0 Å². The van der Waals surface area contributed by atoms with Gasteiger partial charge in [-0.25, -0.2) is 18.5 Å². The first-order chi connectivity index (χ1) is 13.9. The molecule has 0 bridgehead atoms. The second kappa shape index (κ2) is 8.34. The van der Waals surface area contributed by atoms with Crippen LogP contribution in [0.15, 0.2) is 35.4 Å². The van der Waals surface area contributed by atoms with Crippen molar-refractivity contribution >= 4 is 21.7 Å². The van der Waals surface area contributed by atoms with Gasteiger partial charge in [0.25, 0.3) is 0 Å². The van der Waals surface area contributed by atoms with Crippen molar-refractivity contribution in [3.63, 3.8) is 0 Å². The molecule has 9 nitrogen and oxygen atoms in total. The molecule has 1 aliphatic heterocycles. The maximum Gasteiger partial charge on any atom is 0.423 e. The van der Waals surface area contributed by atoms with Crippen LogP contribution in [0.3, 0.4) is 0 Å². The molecule has 1 fully saturated rings. The summed E-state index contributed by atoms with van der Waals surface area (Å²) in [6.07, 6.45) is -6.37. The van der Waals surface area contributed by atoms with Crippen LogP contribution in [-0.2, 0) is 20.9 Å². The van der Waals surface area contributed by atoms with Crippen LogP contribution in [0, 0.1) is 0 Å². The highest BCUT2D eigenvalue weighted by molar-refractivity contribution is 7.89. The molecule has 0 saturated carbocycles. The van der Waals surface area contributed by atoms with Gasteiger partial charge in [0, 0.05) is 18.3 Å². The third kappa shape index (κ3) is 5.36. The molecule has 0 radical (unpaired) electrons. The first-order valence-corrected chi connectivity index (χ1v) is 10.3. The Balaban J connectivity index is 1.87. The van der Waals surface area contributed by atoms with Crippen LogP contribution in [-0.4, -0.2) is 48.4 Å². The molecular weight excluding hydrogens is 429 g/mol. The lowest BCUT2D eigenvalue weighted by molar-refractivity contribution is -0.143. The van der Waals surface area contributed by atoms with E-state index in [-0.39, 0.29) is 30.0 Å². The van der Waals surface area contributed by atoms with Crippen LogP contribution in [0.5, 0.6) is 5.88 Å².